The van der Waals surface area contributed by atoms with Crippen molar-refractivity contribution >= 4 is 0 Å². The molecule has 2 atom stereocenters. The maximum absolute atomic E-state index is 12.6. The number of piperidine rings is 1. The van der Waals surface area contributed by atoms with E-state index in [1.165, 1.54) is 18.6 Å². The number of halogens is 3. The second kappa shape index (κ2) is 6.79. The van der Waals surface area contributed by atoms with Crippen LogP contribution >= 0.6 is 0 Å². The maximum atomic E-state index is 12.6. The molecule has 1 aromatic carbocycles. The van der Waals surface area contributed by atoms with Gasteiger partial charge in [0.15, 0.2) is 0 Å². The Morgan fingerprint density at radius 3 is 2.48 bits per heavy atom. The van der Waals surface area contributed by atoms with Crippen LogP contribution in [0.3, 0.4) is 0 Å². The summed E-state index contributed by atoms with van der Waals surface area (Å²) in [6, 6.07) is 6.12. The first kappa shape index (κ1) is 16.3. The van der Waals surface area contributed by atoms with E-state index < -0.39 is 11.7 Å². The summed E-state index contributed by atoms with van der Waals surface area (Å²) in [5.41, 5.74) is 6.03. The van der Waals surface area contributed by atoms with Gasteiger partial charge in [0.25, 0.3) is 0 Å². The number of alkyl halides is 3. The third-order valence-electron chi connectivity index (χ3n) is 4.39. The van der Waals surface area contributed by atoms with Gasteiger partial charge in [-0.25, -0.2) is 0 Å². The van der Waals surface area contributed by atoms with E-state index in [4.69, 9.17) is 5.73 Å². The zero-order chi connectivity index (χ0) is 15.5. The molecule has 2 unspecified atom stereocenters. The van der Waals surface area contributed by atoms with Crippen LogP contribution in [0.4, 0.5) is 13.2 Å². The van der Waals surface area contributed by atoms with Crippen molar-refractivity contribution in [2.45, 2.75) is 50.9 Å². The quantitative estimate of drug-likeness (QED) is 0.911. The zero-order valence-corrected chi connectivity index (χ0v) is 12.4. The van der Waals surface area contributed by atoms with E-state index in [9.17, 15) is 13.2 Å². The summed E-state index contributed by atoms with van der Waals surface area (Å²) in [5.74, 6) is 0. The normalized spacial score (nSPS) is 22.2. The van der Waals surface area contributed by atoms with Gasteiger partial charge in [-0.3, -0.25) is 4.90 Å². The Bertz CT molecular complexity index is 440. The summed E-state index contributed by atoms with van der Waals surface area (Å²) in [6.07, 6.45) is 0.162. The number of rotatable bonds is 4. The van der Waals surface area contributed by atoms with Crippen molar-refractivity contribution < 1.29 is 13.2 Å². The Labute approximate surface area is 124 Å². The van der Waals surface area contributed by atoms with E-state index in [-0.39, 0.29) is 6.04 Å². The first-order valence-corrected chi connectivity index (χ1v) is 7.56. The maximum Gasteiger partial charge on any atom is 0.416 e. The molecule has 1 aromatic rings. The molecule has 0 saturated carbocycles. The standard InChI is InChI=1S/C16H23F3N2/c1-12(21-11-3-2-4-15(21)9-10-20)13-5-7-14(8-6-13)16(17,18)19/h5-8,12,15H,2-4,9-11,20H2,1H3. The van der Waals surface area contributed by atoms with Crippen LogP contribution in [-0.2, 0) is 6.18 Å². The lowest BCUT2D eigenvalue weighted by Crippen LogP contribution is -2.42. The van der Waals surface area contributed by atoms with Crippen molar-refractivity contribution in [2.24, 2.45) is 5.73 Å². The van der Waals surface area contributed by atoms with Crippen molar-refractivity contribution in [3.05, 3.63) is 35.4 Å². The van der Waals surface area contributed by atoms with Crippen LogP contribution in [-0.4, -0.2) is 24.0 Å². The predicted octanol–water partition coefficient (Wildman–Crippen LogP) is 3.97. The summed E-state index contributed by atoms with van der Waals surface area (Å²) in [5, 5.41) is 0. The van der Waals surface area contributed by atoms with Crippen molar-refractivity contribution in [2.75, 3.05) is 13.1 Å². The lowest BCUT2D eigenvalue weighted by Gasteiger charge is -2.40. The highest BCUT2D eigenvalue weighted by Gasteiger charge is 2.31. The second-order valence-electron chi connectivity index (χ2n) is 5.76. The van der Waals surface area contributed by atoms with E-state index in [1.807, 2.05) is 0 Å². The molecule has 1 aliphatic rings. The van der Waals surface area contributed by atoms with E-state index in [0.717, 1.165) is 31.4 Å². The lowest BCUT2D eigenvalue weighted by molar-refractivity contribution is -0.137. The van der Waals surface area contributed by atoms with Crippen LogP contribution in [0.1, 0.15) is 49.8 Å². The van der Waals surface area contributed by atoms with Gasteiger partial charge in [0, 0.05) is 12.1 Å². The largest absolute Gasteiger partial charge is 0.416 e. The predicted molar refractivity (Wildman–Crippen MR) is 77.9 cm³/mol. The Balaban J connectivity index is 2.12. The van der Waals surface area contributed by atoms with Gasteiger partial charge >= 0.3 is 6.18 Å². The first-order valence-electron chi connectivity index (χ1n) is 7.56. The number of nitrogens with zero attached hydrogens (tertiary/aromatic N) is 1. The Hall–Kier alpha value is -1.07. The minimum absolute atomic E-state index is 0.129. The Morgan fingerprint density at radius 2 is 1.90 bits per heavy atom. The number of hydrogen-bond acceptors (Lipinski definition) is 2. The van der Waals surface area contributed by atoms with Crippen LogP contribution < -0.4 is 5.73 Å². The number of hydrogen-bond donors (Lipinski definition) is 1. The smallest absolute Gasteiger partial charge is 0.330 e. The van der Waals surface area contributed by atoms with Crippen molar-refractivity contribution in [1.82, 2.24) is 4.90 Å². The molecule has 5 heteroatoms. The summed E-state index contributed by atoms with van der Waals surface area (Å²) in [7, 11) is 0. The summed E-state index contributed by atoms with van der Waals surface area (Å²) < 4.78 is 37.8. The molecular weight excluding hydrogens is 277 g/mol. The molecular formula is C16H23F3N2. The summed E-state index contributed by atoms with van der Waals surface area (Å²) in [6.45, 7) is 3.71. The highest BCUT2D eigenvalue weighted by atomic mass is 19.4. The van der Waals surface area contributed by atoms with Gasteiger partial charge < -0.3 is 5.73 Å². The van der Waals surface area contributed by atoms with Crippen molar-refractivity contribution in [3.63, 3.8) is 0 Å². The Kier molecular flexibility index (Phi) is 5.27. The lowest BCUT2D eigenvalue weighted by atomic mass is 9.95. The average Bonchev–Trinajstić information content (AvgIpc) is 2.47. The fraction of sp³-hybridized carbons (Fsp3) is 0.625. The summed E-state index contributed by atoms with van der Waals surface area (Å²) in [4.78, 5) is 2.39. The molecule has 0 aliphatic carbocycles. The van der Waals surface area contributed by atoms with Gasteiger partial charge in [-0.1, -0.05) is 18.6 Å². The van der Waals surface area contributed by atoms with Crippen LogP contribution in [0, 0.1) is 0 Å². The van der Waals surface area contributed by atoms with Gasteiger partial charge in [-0.15, -0.1) is 0 Å². The third-order valence-corrected chi connectivity index (χ3v) is 4.39. The molecule has 1 fully saturated rings. The number of nitrogens with two attached hydrogens (primary N) is 1. The minimum atomic E-state index is -4.27. The molecule has 0 aromatic heterocycles. The van der Waals surface area contributed by atoms with Gasteiger partial charge in [0.2, 0.25) is 0 Å². The second-order valence-corrected chi connectivity index (χ2v) is 5.76. The molecule has 1 saturated heterocycles. The van der Waals surface area contributed by atoms with Crippen LogP contribution in [0.15, 0.2) is 24.3 Å². The van der Waals surface area contributed by atoms with Gasteiger partial charge in [-0.05, 0) is 57.0 Å². The molecule has 2 nitrogen and oxygen atoms in total. The monoisotopic (exact) mass is 300 g/mol. The highest BCUT2D eigenvalue weighted by Crippen LogP contribution is 2.33. The van der Waals surface area contributed by atoms with Crippen LogP contribution in [0.25, 0.3) is 0 Å². The molecule has 0 spiro atoms. The molecule has 0 bridgehead atoms. The topological polar surface area (TPSA) is 29.3 Å². The summed E-state index contributed by atoms with van der Waals surface area (Å²) >= 11 is 0. The molecule has 1 heterocycles. The van der Waals surface area contributed by atoms with E-state index in [0.29, 0.717) is 12.6 Å². The molecule has 0 amide bonds. The molecule has 1 aliphatic heterocycles. The first-order chi connectivity index (χ1) is 9.93. The molecule has 21 heavy (non-hydrogen) atoms. The molecule has 2 rings (SSSR count). The number of likely N-dealkylation sites (tertiary alicyclic amines) is 1. The van der Waals surface area contributed by atoms with Crippen molar-refractivity contribution in [3.8, 4) is 0 Å². The molecule has 2 N–H and O–H groups in total. The minimum Gasteiger partial charge on any atom is -0.330 e. The zero-order valence-electron chi connectivity index (χ0n) is 12.4. The van der Waals surface area contributed by atoms with Gasteiger partial charge in [-0.2, -0.15) is 13.2 Å². The van der Waals surface area contributed by atoms with Crippen LogP contribution in [0.5, 0.6) is 0 Å². The SMILES string of the molecule is CC(c1ccc(C(F)(F)F)cc1)N1CCCCC1CCN. The van der Waals surface area contributed by atoms with E-state index in [1.54, 1.807) is 12.1 Å². The fourth-order valence-corrected chi connectivity index (χ4v) is 3.18. The highest BCUT2D eigenvalue weighted by molar-refractivity contribution is 5.26. The van der Waals surface area contributed by atoms with Crippen LogP contribution in [0.2, 0.25) is 0 Å². The van der Waals surface area contributed by atoms with Crippen molar-refractivity contribution in [1.29, 1.82) is 0 Å². The van der Waals surface area contributed by atoms with Gasteiger partial charge in [0.1, 0.15) is 0 Å². The van der Waals surface area contributed by atoms with E-state index >= 15 is 0 Å². The fourth-order valence-electron chi connectivity index (χ4n) is 3.18. The Morgan fingerprint density at radius 1 is 1.24 bits per heavy atom. The van der Waals surface area contributed by atoms with Gasteiger partial charge in [0.05, 0.1) is 5.56 Å². The third kappa shape index (κ3) is 3.98. The van der Waals surface area contributed by atoms with E-state index in [2.05, 4.69) is 11.8 Å². The number of benzene rings is 1. The molecule has 0 radical (unpaired) electrons. The average molecular weight is 300 g/mol. The molecule has 118 valence electrons.